The molecule has 2 aliphatic heterocycles. The molecule has 2 heterocycles. The summed E-state index contributed by atoms with van der Waals surface area (Å²) in [6.45, 7) is 8.10. The number of likely N-dealkylation sites (tertiary alicyclic amines) is 1. The Morgan fingerprint density at radius 2 is 1.87 bits per heavy atom. The molecule has 0 aliphatic carbocycles. The van der Waals surface area contributed by atoms with Gasteiger partial charge in [-0.3, -0.25) is 4.79 Å². The second kappa shape index (κ2) is 7.48. The van der Waals surface area contributed by atoms with Crippen LogP contribution in [0.5, 0.6) is 0 Å². The zero-order valence-corrected chi connectivity index (χ0v) is 14.6. The fourth-order valence-electron chi connectivity index (χ4n) is 3.94. The minimum Gasteiger partial charge on any atom is -0.342 e. The smallest absolute Gasteiger partial charge is 0.227 e. The van der Waals surface area contributed by atoms with E-state index >= 15 is 0 Å². The van der Waals surface area contributed by atoms with Gasteiger partial charge in [-0.25, -0.2) is 0 Å². The van der Waals surface area contributed by atoms with Gasteiger partial charge in [0.2, 0.25) is 5.91 Å². The first-order valence-corrected chi connectivity index (χ1v) is 9.18. The largest absolute Gasteiger partial charge is 0.342 e. The number of nitrogens with zero attached hydrogens (tertiary/aromatic N) is 1. The van der Waals surface area contributed by atoms with Gasteiger partial charge in [0.15, 0.2) is 0 Å². The summed E-state index contributed by atoms with van der Waals surface area (Å²) in [6, 6.07) is 8.91. The van der Waals surface area contributed by atoms with Crippen LogP contribution in [0, 0.1) is 24.7 Å². The molecule has 2 fully saturated rings. The molecule has 2 aliphatic rings. The van der Waals surface area contributed by atoms with Crippen molar-refractivity contribution in [1.82, 2.24) is 10.2 Å². The second-order valence-electron chi connectivity index (χ2n) is 7.53. The summed E-state index contributed by atoms with van der Waals surface area (Å²) in [5.41, 5.74) is 2.77. The molecular weight excluding hydrogens is 284 g/mol. The van der Waals surface area contributed by atoms with E-state index in [0.717, 1.165) is 32.1 Å². The van der Waals surface area contributed by atoms with Gasteiger partial charge in [0.1, 0.15) is 0 Å². The van der Waals surface area contributed by atoms with Crippen molar-refractivity contribution in [3.63, 3.8) is 0 Å². The van der Waals surface area contributed by atoms with Crippen LogP contribution in [-0.2, 0) is 11.2 Å². The zero-order valence-electron chi connectivity index (χ0n) is 14.6. The van der Waals surface area contributed by atoms with Crippen LogP contribution in [0.25, 0.3) is 0 Å². The molecule has 2 saturated heterocycles. The van der Waals surface area contributed by atoms with E-state index in [9.17, 15) is 4.79 Å². The van der Waals surface area contributed by atoms with Crippen molar-refractivity contribution >= 4 is 5.91 Å². The number of hydrogen-bond acceptors (Lipinski definition) is 2. The predicted octanol–water partition coefficient (Wildman–Crippen LogP) is 3.02. The summed E-state index contributed by atoms with van der Waals surface area (Å²) in [7, 11) is 0. The third kappa shape index (κ3) is 4.14. The fourth-order valence-corrected chi connectivity index (χ4v) is 3.94. The molecule has 23 heavy (non-hydrogen) atoms. The molecule has 1 aromatic rings. The number of carbonyl (C=O) groups excluding carboxylic acids is 1. The Morgan fingerprint density at radius 3 is 2.48 bits per heavy atom. The maximum atomic E-state index is 12.6. The van der Waals surface area contributed by atoms with Crippen LogP contribution in [-0.4, -0.2) is 37.0 Å². The summed E-state index contributed by atoms with van der Waals surface area (Å²) in [4.78, 5) is 14.7. The van der Waals surface area contributed by atoms with Crippen LogP contribution in [0.2, 0.25) is 0 Å². The topological polar surface area (TPSA) is 32.3 Å². The summed E-state index contributed by atoms with van der Waals surface area (Å²) in [5.74, 6) is 1.86. The van der Waals surface area contributed by atoms with Gasteiger partial charge >= 0.3 is 0 Å². The second-order valence-corrected chi connectivity index (χ2v) is 7.53. The number of nitrogens with one attached hydrogen (secondary N) is 1. The number of rotatable bonds is 4. The molecule has 0 bridgehead atoms. The lowest BCUT2D eigenvalue weighted by atomic mass is 9.89. The van der Waals surface area contributed by atoms with Gasteiger partial charge in [-0.2, -0.15) is 0 Å². The van der Waals surface area contributed by atoms with Crippen molar-refractivity contribution in [2.24, 2.45) is 17.8 Å². The van der Waals surface area contributed by atoms with Gasteiger partial charge in [-0.05, 0) is 56.6 Å². The van der Waals surface area contributed by atoms with Crippen molar-refractivity contribution in [2.45, 2.75) is 39.5 Å². The van der Waals surface area contributed by atoms with Crippen LogP contribution in [0.3, 0.4) is 0 Å². The van der Waals surface area contributed by atoms with E-state index in [4.69, 9.17) is 0 Å². The molecule has 126 valence electrons. The number of piperidine rings is 1. The molecule has 0 radical (unpaired) electrons. The SMILES string of the molecule is Cc1ccc(CCC2CCN(C(=O)[C@@H]3CNC[C@H]3C)CC2)cc1. The Bertz CT molecular complexity index is 517. The minimum atomic E-state index is 0.208. The molecule has 0 spiro atoms. The highest BCUT2D eigenvalue weighted by molar-refractivity contribution is 5.79. The van der Waals surface area contributed by atoms with Crippen molar-refractivity contribution in [3.8, 4) is 0 Å². The number of hydrogen-bond donors (Lipinski definition) is 1. The molecule has 0 unspecified atom stereocenters. The van der Waals surface area contributed by atoms with Crippen LogP contribution in [0.4, 0.5) is 0 Å². The molecule has 1 amide bonds. The average Bonchev–Trinajstić information content (AvgIpc) is 3.00. The van der Waals surface area contributed by atoms with E-state index in [-0.39, 0.29) is 5.92 Å². The molecule has 0 aromatic heterocycles. The number of amides is 1. The monoisotopic (exact) mass is 314 g/mol. The van der Waals surface area contributed by atoms with E-state index in [1.807, 2.05) is 0 Å². The predicted molar refractivity (Wildman–Crippen MR) is 94.3 cm³/mol. The van der Waals surface area contributed by atoms with Crippen molar-refractivity contribution in [2.75, 3.05) is 26.2 Å². The van der Waals surface area contributed by atoms with Gasteiger partial charge in [0.05, 0.1) is 5.92 Å². The Hall–Kier alpha value is -1.35. The zero-order chi connectivity index (χ0) is 16.2. The Balaban J connectivity index is 1.43. The van der Waals surface area contributed by atoms with Gasteiger partial charge in [-0.1, -0.05) is 36.8 Å². The van der Waals surface area contributed by atoms with Gasteiger partial charge in [0, 0.05) is 19.6 Å². The maximum Gasteiger partial charge on any atom is 0.227 e. The van der Waals surface area contributed by atoms with E-state index < -0.39 is 0 Å². The maximum absolute atomic E-state index is 12.6. The quantitative estimate of drug-likeness (QED) is 0.926. The van der Waals surface area contributed by atoms with E-state index in [1.165, 1.54) is 36.8 Å². The van der Waals surface area contributed by atoms with Gasteiger partial charge in [-0.15, -0.1) is 0 Å². The normalized spacial score (nSPS) is 25.7. The number of benzene rings is 1. The fraction of sp³-hybridized carbons (Fsp3) is 0.650. The number of carbonyl (C=O) groups is 1. The summed E-state index contributed by atoms with van der Waals surface area (Å²) in [5, 5.41) is 3.35. The molecule has 3 nitrogen and oxygen atoms in total. The highest BCUT2D eigenvalue weighted by atomic mass is 16.2. The highest BCUT2D eigenvalue weighted by Crippen LogP contribution is 2.26. The average molecular weight is 314 g/mol. The molecular formula is C20H30N2O. The summed E-state index contributed by atoms with van der Waals surface area (Å²) >= 11 is 0. The standard InChI is InChI=1S/C20H30N2O/c1-15-3-5-17(6-4-15)7-8-18-9-11-22(12-10-18)20(23)19-14-21-13-16(19)2/h3-6,16,18-19,21H,7-14H2,1-2H3/t16-,19-/m1/s1. The Kier molecular flexibility index (Phi) is 5.37. The lowest BCUT2D eigenvalue weighted by Gasteiger charge is -2.34. The molecule has 1 N–H and O–H groups in total. The molecule has 0 saturated carbocycles. The van der Waals surface area contributed by atoms with E-state index in [0.29, 0.717) is 11.8 Å². The van der Waals surface area contributed by atoms with Gasteiger partial charge < -0.3 is 10.2 Å². The molecule has 3 rings (SSSR count). The van der Waals surface area contributed by atoms with E-state index in [1.54, 1.807) is 0 Å². The molecule has 2 atom stereocenters. The first-order valence-electron chi connectivity index (χ1n) is 9.18. The molecule has 1 aromatic carbocycles. The highest BCUT2D eigenvalue weighted by Gasteiger charge is 2.34. The van der Waals surface area contributed by atoms with Crippen molar-refractivity contribution in [1.29, 1.82) is 0 Å². The molecule has 3 heteroatoms. The van der Waals surface area contributed by atoms with Crippen molar-refractivity contribution < 1.29 is 4.79 Å². The van der Waals surface area contributed by atoms with Gasteiger partial charge in [0.25, 0.3) is 0 Å². The summed E-state index contributed by atoms with van der Waals surface area (Å²) < 4.78 is 0. The van der Waals surface area contributed by atoms with Crippen LogP contribution < -0.4 is 5.32 Å². The first-order chi connectivity index (χ1) is 11.1. The Labute approximate surface area is 140 Å². The first kappa shape index (κ1) is 16.5. The van der Waals surface area contributed by atoms with Crippen LogP contribution in [0.15, 0.2) is 24.3 Å². The third-order valence-corrected chi connectivity index (χ3v) is 5.72. The van der Waals surface area contributed by atoms with Crippen molar-refractivity contribution in [3.05, 3.63) is 35.4 Å². The Morgan fingerprint density at radius 1 is 1.17 bits per heavy atom. The minimum absolute atomic E-state index is 0.208. The summed E-state index contributed by atoms with van der Waals surface area (Å²) in [6.07, 6.45) is 4.77. The lowest BCUT2D eigenvalue weighted by molar-refractivity contribution is -0.137. The lowest BCUT2D eigenvalue weighted by Crippen LogP contribution is -2.43. The van der Waals surface area contributed by atoms with Crippen LogP contribution in [0.1, 0.15) is 37.3 Å². The van der Waals surface area contributed by atoms with E-state index in [2.05, 4.69) is 48.3 Å². The third-order valence-electron chi connectivity index (χ3n) is 5.72. The number of aryl methyl sites for hydroxylation is 2. The van der Waals surface area contributed by atoms with Crippen LogP contribution >= 0.6 is 0 Å².